The molecule has 1 amide bonds. The van der Waals surface area contributed by atoms with E-state index in [1.54, 1.807) is 17.5 Å². The Balaban J connectivity index is 1.56. The lowest BCUT2D eigenvalue weighted by molar-refractivity contribution is -0.119. The highest BCUT2D eigenvalue weighted by molar-refractivity contribution is 7.08. The first kappa shape index (κ1) is 23.0. The summed E-state index contributed by atoms with van der Waals surface area (Å²) in [5.41, 5.74) is 11.4. The molecule has 4 aromatic rings. The number of nitrogens with zero attached hydrogens (tertiary/aromatic N) is 2. The number of carbonyl (C=O) groups excluding carboxylic acids is 1. The lowest BCUT2D eigenvalue weighted by Crippen LogP contribution is -2.37. The second kappa shape index (κ2) is 10.6. The topological polar surface area (TPSA) is 80.4 Å². The standard InChI is InChI=1S/C25H20Cl2N4OS/c26-20-5-1-18(2-6-20)22-11-17(13-29-24(22)19-3-7-21(27)8-4-19)14-30-25(28)31-23(32)12-16-9-10-33-15-16/h1-11,13,15H,12,14H2,(H3,28,30,31,32). The zero-order valence-electron chi connectivity index (χ0n) is 17.5. The van der Waals surface area contributed by atoms with Gasteiger partial charge in [0.25, 0.3) is 0 Å². The van der Waals surface area contributed by atoms with Crippen molar-refractivity contribution in [3.8, 4) is 22.4 Å². The van der Waals surface area contributed by atoms with Gasteiger partial charge in [-0.15, -0.1) is 0 Å². The van der Waals surface area contributed by atoms with E-state index in [2.05, 4.69) is 10.3 Å². The van der Waals surface area contributed by atoms with Crippen LogP contribution in [0, 0.1) is 0 Å². The average Bonchev–Trinajstić information content (AvgIpc) is 3.31. The van der Waals surface area contributed by atoms with Crippen LogP contribution in [-0.4, -0.2) is 16.9 Å². The maximum absolute atomic E-state index is 12.1. The Morgan fingerprint density at radius 3 is 2.27 bits per heavy atom. The van der Waals surface area contributed by atoms with Gasteiger partial charge >= 0.3 is 0 Å². The number of amides is 1. The molecule has 2 heterocycles. The van der Waals surface area contributed by atoms with Gasteiger partial charge in [0.2, 0.25) is 5.91 Å². The molecular weight excluding hydrogens is 475 g/mol. The van der Waals surface area contributed by atoms with Crippen LogP contribution in [0.5, 0.6) is 0 Å². The number of pyridine rings is 1. The molecule has 0 radical (unpaired) electrons. The molecule has 0 aliphatic heterocycles. The summed E-state index contributed by atoms with van der Waals surface area (Å²) < 4.78 is 0. The number of nitrogens with one attached hydrogen (secondary N) is 1. The first-order valence-corrected chi connectivity index (χ1v) is 11.8. The van der Waals surface area contributed by atoms with E-state index in [0.717, 1.165) is 33.5 Å². The van der Waals surface area contributed by atoms with Crippen molar-refractivity contribution in [1.29, 1.82) is 0 Å². The second-order valence-corrected chi connectivity index (χ2v) is 8.96. The molecule has 2 aromatic heterocycles. The lowest BCUT2D eigenvalue weighted by Gasteiger charge is -2.12. The number of nitrogens with two attached hydrogens (primary N) is 1. The fraction of sp³-hybridized carbons (Fsp3) is 0.0800. The van der Waals surface area contributed by atoms with Gasteiger partial charge in [-0.2, -0.15) is 11.3 Å². The first-order valence-electron chi connectivity index (χ1n) is 10.1. The van der Waals surface area contributed by atoms with Crippen molar-refractivity contribution in [2.75, 3.05) is 0 Å². The molecule has 8 heteroatoms. The highest BCUT2D eigenvalue weighted by atomic mass is 35.5. The van der Waals surface area contributed by atoms with Gasteiger partial charge in [-0.3, -0.25) is 15.1 Å². The smallest absolute Gasteiger partial charge is 0.231 e. The van der Waals surface area contributed by atoms with E-state index in [4.69, 9.17) is 33.9 Å². The number of hydrogen-bond acceptors (Lipinski definition) is 4. The predicted molar refractivity (Wildman–Crippen MR) is 137 cm³/mol. The third-order valence-electron chi connectivity index (χ3n) is 4.86. The van der Waals surface area contributed by atoms with Crippen molar-refractivity contribution in [1.82, 2.24) is 10.3 Å². The van der Waals surface area contributed by atoms with Gasteiger partial charge in [-0.1, -0.05) is 47.5 Å². The molecule has 0 aliphatic rings. The molecule has 2 aromatic carbocycles. The number of guanidine groups is 1. The highest BCUT2D eigenvalue weighted by Crippen LogP contribution is 2.32. The Kier molecular flexibility index (Phi) is 7.40. The van der Waals surface area contributed by atoms with Gasteiger partial charge < -0.3 is 5.73 Å². The summed E-state index contributed by atoms with van der Waals surface area (Å²) in [6.45, 7) is 0.277. The molecule has 0 unspecified atom stereocenters. The van der Waals surface area contributed by atoms with E-state index in [0.29, 0.717) is 10.0 Å². The summed E-state index contributed by atoms with van der Waals surface area (Å²) in [5, 5.41) is 7.81. The summed E-state index contributed by atoms with van der Waals surface area (Å²) in [6, 6.07) is 19.0. The molecule has 3 N–H and O–H groups in total. The quantitative estimate of drug-likeness (QED) is 0.256. The maximum Gasteiger partial charge on any atom is 0.231 e. The van der Waals surface area contributed by atoms with Crippen LogP contribution >= 0.6 is 34.5 Å². The molecule has 0 bridgehead atoms. The van der Waals surface area contributed by atoms with Gasteiger partial charge in [-0.25, -0.2) is 4.99 Å². The van der Waals surface area contributed by atoms with Crippen LogP contribution in [-0.2, 0) is 17.8 Å². The molecule has 4 rings (SSSR count). The van der Waals surface area contributed by atoms with Gasteiger partial charge in [0.1, 0.15) is 0 Å². The number of benzene rings is 2. The number of thiophene rings is 1. The van der Waals surface area contributed by atoms with E-state index >= 15 is 0 Å². The number of aliphatic imine (C=N–C) groups is 1. The summed E-state index contributed by atoms with van der Waals surface area (Å²) in [5.74, 6) is -0.127. The Morgan fingerprint density at radius 1 is 0.970 bits per heavy atom. The monoisotopic (exact) mass is 494 g/mol. The van der Waals surface area contributed by atoms with Crippen molar-refractivity contribution in [2.45, 2.75) is 13.0 Å². The molecule has 0 spiro atoms. The van der Waals surface area contributed by atoms with Gasteiger partial charge in [0.15, 0.2) is 5.96 Å². The Morgan fingerprint density at radius 2 is 1.64 bits per heavy atom. The number of rotatable bonds is 6. The minimum absolute atomic E-state index is 0.0741. The Hall–Kier alpha value is -3.19. The molecular formula is C25H20Cl2N4OS. The molecule has 0 saturated heterocycles. The highest BCUT2D eigenvalue weighted by Gasteiger charge is 2.11. The van der Waals surface area contributed by atoms with E-state index in [1.807, 2.05) is 71.4 Å². The minimum atomic E-state index is -0.201. The molecule has 0 saturated carbocycles. The van der Waals surface area contributed by atoms with Gasteiger partial charge in [0, 0.05) is 27.4 Å². The Labute approximate surface area is 205 Å². The number of hydrogen-bond donors (Lipinski definition) is 2. The summed E-state index contributed by atoms with van der Waals surface area (Å²) in [4.78, 5) is 21.1. The molecule has 0 aliphatic carbocycles. The normalized spacial score (nSPS) is 11.4. The van der Waals surface area contributed by atoms with Gasteiger partial charge in [-0.05, 0) is 63.8 Å². The second-order valence-electron chi connectivity index (χ2n) is 7.31. The minimum Gasteiger partial charge on any atom is -0.370 e. The van der Waals surface area contributed by atoms with E-state index in [9.17, 15) is 4.79 Å². The van der Waals surface area contributed by atoms with Crippen LogP contribution in [0.2, 0.25) is 10.0 Å². The van der Waals surface area contributed by atoms with Crippen LogP contribution in [0.4, 0.5) is 0 Å². The maximum atomic E-state index is 12.1. The third kappa shape index (κ3) is 6.20. The molecule has 0 atom stereocenters. The van der Waals surface area contributed by atoms with Crippen LogP contribution in [0.1, 0.15) is 11.1 Å². The summed E-state index contributed by atoms with van der Waals surface area (Å²) in [6.07, 6.45) is 2.02. The lowest BCUT2D eigenvalue weighted by atomic mass is 9.98. The molecule has 5 nitrogen and oxygen atoms in total. The third-order valence-corrected chi connectivity index (χ3v) is 6.10. The predicted octanol–water partition coefficient (Wildman–Crippen LogP) is 5.96. The average molecular weight is 495 g/mol. The number of halogens is 2. The van der Waals surface area contributed by atoms with Crippen molar-refractivity contribution in [3.63, 3.8) is 0 Å². The first-order chi connectivity index (χ1) is 16.0. The molecule has 33 heavy (non-hydrogen) atoms. The molecule has 166 valence electrons. The van der Waals surface area contributed by atoms with Crippen molar-refractivity contribution in [3.05, 3.63) is 98.8 Å². The fourth-order valence-electron chi connectivity index (χ4n) is 3.26. The largest absolute Gasteiger partial charge is 0.370 e. The van der Waals surface area contributed by atoms with Crippen molar-refractivity contribution < 1.29 is 4.79 Å². The Bertz CT molecular complexity index is 1270. The van der Waals surface area contributed by atoms with Crippen LogP contribution < -0.4 is 11.1 Å². The van der Waals surface area contributed by atoms with Crippen molar-refractivity contribution >= 4 is 46.4 Å². The van der Waals surface area contributed by atoms with Crippen molar-refractivity contribution in [2.24, 2.45) is 10.7 Å². The van der Waals surface area contributed by atoms with E-state index in [-0.39, 0.29) is 24.8 Å². The number of carbonyl (C=O) groups is 1. The van der Waals surface area contributed by atoms with Crippen LogP contribution in [0.3, 0.4) is 0 Å². The fourth-order valence-corrected chi connectivity index (χ4v) is 4.18. The van der Waals surface area contributed by atoms with E-state index < -0.39 is 0 Å². The summed E-state index contributed by atoms with van der Waals surface area (Å²) >= 11 is 13.7. The zero-order valence-corrected chi connectivity index (χ0v) is 19.8. The van der Waals surface area contributed by atoms with Crippen LogP contribution in [0.15, 0.2) is 82.6 Å². The zero-order chi connectivity index (χ0) is 23.2. The molecule has 0 fully saturated rings. The summed E-state index contributed by atoms with van der Waals surface area (Å²) in [7, 11) is 0. The van der Waals surface area contributed by atoms with Gasteiger partial charge in [0.05, 0.1) is 18.7 Å². The van der Waals surface area contributed by atoms with Crippen LogP contribution in [0.25, 0.3) is 22.4 Å². The SMILES string of the molecule is NC(=NCc1cnc(-c2ccc(Cl)cc2)c(-c2ccc(Cl)cc2)c1)NC(=O)Cc1ccsc1. The van der Waals surface area contributed by atoms with E-state index in [1.165, 1.54) is 0 Å². The number of aromatic nitrogens is 1.